The summed E-state index contributed by atoms with van der Waals surface area (Å²) in [6, 6.07) is 14.7. The lowest BCUT2D eigenvalue weighted by atomic mass is 9.54. The summed E-state index contributed by atoms with van der Waals surface area (Å²) in [7, 11) is 0. The molecule has 0 heterocycles. The Bertz CT molecular complexity index is 756. The smallest absolute Gasteiger partial charge is 0.319 e. The molecular formula is C21H24N2O. The Morgan fingerprint density at radius 2 is 1.50 bits per heavy atom. The standard InChI is InChI=1S/C21H24N2O/c24-21(22-19-6-5-15-3-1-2-4-16(15)12-19)23-20-17-8-13-7-14(10-17)11-18(20)9-13/h1-6,12-14,17-18,20H,7-11H2,(H2,22,23,24). The van der Waals surface area contributed by atoms with Crippen molar-refractivity contribution in [2.24, 2.45) is 23.7 Å². The van der Waals surface area contributed by atoms with E-state index in [-0.39, 0.29) is 6.03 Å². The van der Waals surface area contributed by atoms with Gasteiger partial charge in [0, 0.05) is 11.7 Å². The Hall–Kier alpha value is -2.03. The molecule has 0 aliphatic heterocycles. The highest BCUT2D eigenvalue weighted by Crippen LogP contribution is 2.53. The van der Waals surface area contributed by atoms with Gasteiger partial charge in [0.05, 0.1) is 0 Å². The van der Waals surface area contributed by atoms with E-state index in [0.717, 1.165) is 22.9 Å². The third-order valence-corrected chi connectivity index (χ3v) is 6.53. The maximum Gasteiger partial charge on any atom is 0.319 e. The van der Waals surface area contributed by atoms with Gasteiger partial charge < -0.3 is 10.6 Å². The zero-order valence-corrected chi connectivity index (χ0v) is 13.9. The van der Waals surface area contributed by atoms with E-state index >= 15 is 0 Å². The molecule has 0 saturated heterocycles. The van der Waals surface area contributed by atoms with Crippen LogP contribution in [-0.4, -0.2) is 12.1 Å². The maximum atomic E-state index is 12.5. The molecule has 0 radical (unpaired) electrons. The molecule has 2 aromatic carbocycles. The van der Waals surface area contributed by atoms with Crippen LogP contribution in [0.4, 0.5) is 10.5 Å². The third kappa shape index (κ3) is 2.47. The van der Waals surface area contributed by atoms with E-state index in [2.05, 4.69) is 28.8 Å². The molecule has 2 N–H and O–H groups in total. The van der Waals surface area contributed by atoms with Gasteiger partial charge in [0.2, 0.25) is 0 Å². The first-order valence-corrected chi connectivity index (χ1v) is 9.31. The first kappa shape index (κ1) is 14.3. The van der Waals surface area contributed by atoms with E-state index in [0.29, 0.717) is 17.9 Å². The van der Waals surface area contributed by atoms with Crippen LogP contribution in [0, 0.1) is 23.7 Å². The normalized spacial score (nSPS) is 33.6. The number of fused-ring (bicyclic) bond motifs is 1. The van der Waals surface area contributed by atoms with Crippen LogP contribution in [0.15, 0.2) is 42.5 Å². The highest BCUT2D eigenvalue weighted by molar-refractivity contribution is 5.93. The summed E-state index contributed by atoms with van der Waals surface area (Å²) in [5.74, 6) is 3.30. The molecule has 2 aromatic rings. The topological polar surface area (TPSA) is 41.1 Å². The molecule has 0 unspecified atom stereocenters. The Balaban J connectivity index is 1.28. The van der Waals surface area contributed by atoms with Crippen molar-refractivity contribution < 1.29 is 4.79 Å². The van der Waals surface area contributed by atoms with Crippen LogP contribution in [0.5, 0.6) is 0 Å². The van der Waals surface area contributed by atoms with Crippen LogP contribution in [0.1, 0.15) is 32.1 Å². The first-order chi connectivity index (χ1) is 11.7. The van der Waals surface area contributed by atoms with E-state index in [1.807, 2.05) is 24.3 Å². The Morgan fingerprint density at radius 1 is 0.833 bits per heavy atom. The van der Waals surface area contributed by atoms with Gasteiger partial charge in [-0.2, -0.15) is 0 Å². The van der Waals surface area contributed by atoms with Gasteiger partial charge in [-0.25, -0.2) is 4.79 Å². The second-order valence-electron chi connectivity index (χ2n) is 8.12. The van der Waals surface area contributed by atoms with Crippen LogP contribution < -0.4 is 10.6 Å². The fraction of sp³-hybridized carbons (Fsp3) is 0.476. The van der Waals surface area contributed by atoms with E-state index in [4.69, 9.17) is 0 Å². The Kier molecular flexibility index (Phi) is 3.29. The van der Waals surface area contributed by atoms with Gasteiger partial charge in [-0.1, -0.05) is 30.3 Å². The quantitative estimate of drug-likeness (QED) is 0.821. The Morgan fingerprint density at radius 3 is 2.21 bits per heavy atom. The summed E-state index contributed by atoms with van der Waals surface area (Å²) in [5.41, 5.74) is 0.870. The number of benzene rings is 2. The average Bonchev–Trinajstić information content (AvgIpc) is 2.57. The molecule has 24 heavy (non-hydrogen) atoms. The largest absolute Gasteiger partial charge is 0.335 e. The Labute approximate surface area is 142 Å². The number of hydrogen-bond donors (Lipinski definition) is 2. The molecule has 3 nitrogen and oxygen atoms in total. The van der Waals surface area contributed by atoms with Crippen molar-refractivity contribution in [3.05, 3.63) is 42.5 Å². The predicted octanol–water partition coefficient (Wildman–Crippen LogP) is 4.79. The summed E-state index contributed by atoms with van der Waals surface area (Å²) in [4.78, 5) is 12.5. The van der Waals surface area contributed by atoms with Crippen LogP contribution in [0.3, 0.4) is 0 Å². The molecular weight excluding hydrogens is 296 g/mol. The second-order valence-corrected chi connectivity index (χ2v) is 8.12. The zero-order chi connectivity index (χ0) is 16.1. The van der Waals surface area contributed by atoms with E-state index in [1.54, 1.807) is 0 Å². The SMILES string of the molecule is O=C(Nc1ccc2ccccc2c1)NC1C2CC3CC(C2)CC1C3. The van der Waals surface area contributed by atoms with Gasteiger partial charge in [0.25, 0.3) is 0 Å². The fourth-order valence-corrected chi connectivity index (χ4v) is 5.75. The molecule has 4 bridgehead atoms. The van der Waals surface area contributed by atoms with E-state index < -0.39 is 0 Å². The minimum atomic E-state index is -0.0391. The number of nitrogens with one attached hydrogen (secondary N) is 2. The number of rotatable bonds is 2. The molecule has 124 valence electrons. The van der Waals surface area contributed by atoms with Gasteiger partial charge in [-0.3, -0.25) is 0 Å². The van der Waals surface area contributed by atoms with Gasteiger partial charge in [0.15, 0.2) is 0 Å². The molecule has 0 aromatic heterocycles. The lowest BCUT2D eigenvalue weighted by Crippen LogP contribution is -2.56. The van der Waals surface area contributed by atoms with Crippen LogP contribution in [-0.2, 0) is 0 Å². The number of anilines is 1. The van der Waals surface area contributed by atoms with Crippen LogP contribution >= 0.6 is 0 Å². The summed E-state index contributed by atoms with van der Waals surface area (Å²) < 4.78 is 0. The van der Waals surface area contributed by atoms with Gasteiger partial charge >= 0.3 is 6.03 Å². The van der Waals surface area contributed by atoms with Crippen molar-refractivity contribution in [2.75, 3.05) is 5.32 Å². The van der Waals surface area contributed by atoms with E-state index in [1.165, 1.54) is 37.5 Å². The van der Waals surface area contributed by atoms with Crippen molar-refractivity contribution in [3.8, 4) is 0 Å². The lowest BCUT2D eigenvalue weighted by Gasteiger charge is -2.54. The molecule has 6 rings (SSSR count). The minimum Gasteiger partial charge on any atom is -0.335 e. The highest BCUT2D eigenvalue weighted by Gasteiger charge is 2.48. The van der Waals surface area contributed by atoms with Crippen molar-refractivity contribution in [1.29, 1.82) is 0 Å². The monoisotopic (exact) mass is 320 g/mol. The van der Waals surface area contributed by atoms with Crippen molar-refractivity contribution in [1.82, 2.24) is 5.32 Å². The predicted molar refractivity (Wildman–Crippen MR) is 96.9 cm³/mol. The van der Waals surface area contributed by atoms with Gasteiger partial charge in [0.1, 0.15) is 0 Å². The van der Waals surface area contributed by atoms with E-state index in [9.17, 15) is 4.79 Å². The molecule has 2 amide bonds. The summed E-state index contributed by atoms with van der Waals surface area (Å²) in [6.45, 7) is 0. The molecule has 4 fully saturated rings. The average molecular weight is 320 g/mol. The van der Waals surface area contributed by atoms with Crippen molar-refractivity contribution in [2.45, 2.75) is 38.1 Å². The molecule has 4 aliphatic rings. The van der Waals surface area contributed by atoms with Crippen LogP contribution in [0.2, 0.25) is 0 Å². The summed E-state index contributed by atoms with van der Waals surface area (Å²) >= 11 is 0. The maximum absolute atomic E-state index is 12.5. The number of carbonyl (C=O) groups excluding carboxylic acids is 1. The molecule has 0 atom stereocenters. The highest BCUT2D eigenvalue weighted by atomic mass is 16.2. The minimum absolute atomic E-state index is 0.0391. The lowest BCUT2D eigenvalue weighted by molar-refractivity contribution is -0.00883. The number of carbonyl (C=O) groups is 1. The molecule has 3 heteroatoms. The first-order valence-electron chi connectivity index (χ1n) is 9.31. The summed E-state index contributed by atoms with van der Waals surface area (Å²) in [6.07, 6.45) is 6.76. The summed E-state index contributed by atoms with van der Waals surface area (Å²) in [5, 5.41) is 8.71. The number of amides is 2. The van der Waals surface area contributed by atoms with Crippen molar-refractivity contribution >= 4 is 22.5 Å². The van der Waals surface area contributed by atoms with Gasteiger partial charge in [-0.05, 0) is 78.7 Å². The zero-order valence-electron chi connectivity index (χ0n) is 13.9. The van der Waals surface area contributed by atoms with Crippen LogP contribution in [0.25, 0.3) is 10.8 Å². The number of urea groups is 1. The fourth-order valence-electron chi connectivity index (χ4n) is 5.75. The van der Waals surface area contributed by atoms with Gasteiger partial charge in [-0.15, -0.1) is 0 Å². The molecule has 4 saturated carbocycles. The number of hydrogen-bond acceptors (Lipinski definition) is 1. The molecule has 0 spiro atoms. The second kappa shape index (κ2) is 5.51. The molecule has 4 aliphatic carbocycles. The van der Waals surface area contributed by atoms with Crippen molar-refractivity contribution in [3.63, 3.8) is 0 Å². The third-order valence-electron chi connectivity index (χ3n) is 6.53.